The Balaban J connectivity index is 1.71. The Morgan fingerprint density at radius 3 is 2.41 bits per heavy atom. The number of nitrogens with one attached hydrogen (secondary N) is 1. The van der Waals surface area contributed by atoms with Crippen molar-refractivity contribution >= 4 is 28.8 Å². The summed E-state index contributed by atoms with van der Waals surface area (Å²) in [5, 5.41) is 3.25. The SMILES string of the molecule is CCOC(=O)c1oc2ccccc2c1COC(=O)[C@H](C)NC(=O)c1ccccc1. The normalized spacial score (nSPS) is 11.7. The molecule has 0 aliphatic rings. The number of ether oxygens (including phenoxy) is 2. The molecule has 0 aliphatic carbocycles. The van der Waals surface area contributed by atoms with Crippen LogP contribution in [0, 0.1) is 0 Å². The number of carbonyl (C=O) groups is 3. The molecule has 0 unspecified atom stereocenters. The molecule has 1 atom stereocenters. The second-order valence-corrected chi connectivity index (χ2v) is 6.30. The summed E-state index contributed by atoms with van der Waals surface area (Å²) in [7, 11) is 0. The summed E-state index contributed by atoms with van der Waals surface area (Å²) in [6, 6.07) is 14.7. The lowest BCUT2D eigenvalue weighted by atomic mass is 10.1. The molecule has 29 heavy (non-hydrogen) atoms. The highest BCUT2D eigenvalue weighted by Gasteiger charge is 2.24. The van der Waals surface area contributed by atoms with Crippen LogP contribution in [0.3, 0.4) is 0 Å². The van der Waals surface area contributed by atoms with Gasteiger partial charge in [0.1, 0.15) is 18.2 Å². The van der Waals surface area contributed by atoms with E-state index in [-0.39, 0.29) is 24.9 Å². The fraction of sp³-hybridized carbons (Fsp3) is 0.227. The van der Waals surface area contributed by atoms with Crippen LogP contribution in [-0.4, -0.2) is 30.5 Å². The first kappa shape index (κ1) is 20.1. The highest BCUT2D eigenvalue weighted by atomic mass is 16.5. The lowest BCUT2D eigenvalue weighted by Crippen LogP contribution is -2.39. The summed E-state index contributed by atoms with van der Waals surface area (Å²) in [6.45, 7) is 3.23. The molecule has 3 rings (SSSR count). The zero-order chi connectivity index (χ0) is 20.8. The third-order valence-electron chi connectivity index (χ3n) is 4.26. The number of rotatable bonds is 7. The number of amides is 1. The maximum absolute atomic E-state index is 12.4. The molecule has 2 aromatic carbocycles. The van der Waals surface area contributed by atoms with E-state index in [4.69, 9.17) is 13.9 Å². The number of carbonyl (C=O) groups excluding carboxylic acids is 3. The predicted molar refractivity (Wildman–Crippen MR) is 105 cm³/mol. The highest BCUT2D eigenvalue weighted by Crippen LogP contribution is 2.27. The smallest absolute Gasteiger partial charge is 0.374 e. The molecule has 1 heterocycles. The summed E-state index contributed by atoms with van der Waals surface area (Å²) in [4.78, 5) is 36.8. The van der Waals surface area contributed by atoms with Gasteiger partial charge in [-0.1, -0.05) is 36.4 Å². The van der Waals surface area contributed by atoms with E-state index in [0.29, 0.717) is 22.1 Å². The van der Waals surface area contributed by atoms with Crippen LogP contribution in [-0.2, 0) is 20.9 Å². The lowest BCUT2D eigenvalue weighted by molar-refractivity contribution is -0.146. The van der Waals surface area contributed by atoms with E-state index in [1.54, 1.807) is 61.5 Å². The summed E-state index contributed by atoms with van der Waals surface area (Å²) in [5.41, 5.74) is 1.36. The van der Waals surface area contributed by atoms with E-state index in [1.165, 1.54) is 6.92 Å². The molecule has 0 saturated carbocycles. The van der Waals surface area contributed by atoms with Crippen LogP contribution in [0.2, 0.25) is 0 Å². The van der Waals surface area contributed by atoms with Gasteiger partial charge in [0.2, 0.25) is 5.76 Å². The maximum Gasteiger partial charge on any atom is 0.374 e. The van der Waals surface area contributed by atoms with E-state index in [9.17, 15) is 14.4 Å². The Morgan fingerprint density at radius 2 is 1.69 bits per heavy atom. The van der Waals surface area contributed by atoms with E-state index in [1.807, 2.05) is 0 Å². The molecule has 0 saturated heterocycles. The fourth-order valence-electron chi connectivity index (χ4n) is 2.80. The van der Waals surface area contributed by atoms with Gasteiger partial charge >= 0.3 is 11.9 Å². The second kappa shape index (κ2) is 9.05. The molecule has 7 heteroatoms. The summed E-state index contributed by atoms with van der Waals surface area (Å²) in [6.07, 6.45) is 0. The van der Waals surface area contributed by atoms with Crippen molar-refractivity contribution in [3.05, 3.63) is 71.5 Å². The van der Waals surface area contributed by atoms with Gasteiger partial charge in [0.25, 0.3) is 5.91 Å². The van der Waals surface area contributed by atoms with Gasteiger partial charge in [-0.15, -0.1) is 0 Å². The Morgan fingerprint density at radius 1 is 1.00 bits per heavy atom. The van der Waals surface area contributed by atoms with Crippen LogP contribution in [0.25, 0.3) is 11.0 Å². The standard InChI is InChI=1S/C22H21NO6/c1-3-27-22(26)19-17(16-11-7-8-12-18(16)29-19)13-28-21(25)14(2)23-20(24)15-9-5-4-6-10-15/h4-12,14H,3,13H2,1-2H3,(H,23,24)/t14-/m0/s1. The lowest BCUT2D eigenvalue weighted by Gasteiger charge is -2.13. The number of benzene rings is 2. The first-order chi connectivity index (χ1) is 14.0. The van der Waals surface area contributed by atoms with Crippen LogP contribution < -0.4 is 5.32 Å². The molecule has 150 valence electrons. The summed E-state index contributed by atoms with van der Waals surface area (Å²) in [5.74, 6) is -1.63. The van der Waals surface area contributed by atoms with E-state index < -0.39 is 18.0 Å². The number of fused-ring (bicyclic) bond motifs is 1. The van der Waals surface area contributed by atoms with Crippen molar-refractivity contribution in [2.24, 2.45) is 0 Å². The van der Waals surface area contributed by atoms with Gasteiger partial charge in [-0.25, -0.2) is 9.59 Å². The van der Waals surface area contributed by atoms with E-state index >= 15 is 0 Å². The van der Waals surface area contributed by atoms with Crippen molar-refractivity contribution in [3.63, 3.8) is 0 Å². The minimum atomic E-state index is -0.869. The first-order valence-corrected chi connectivity index (χ1v) is 9.21. The number of esters is 2. The van der Waals surface area contributed by atoms with Gasteiger partial charge in [-0.05, 0) is 32.0 Å². The predicted octanol–water partition coefficient (Wildman–Crippen LogP) is 3.47. The van der Waals surface area contributed by atoms with Crippen molar-refractivity contribution < 1.29 is 28.3 Å². The first-order valence-electron chi connectivity index (χ1n) is 9.21. The molecule has 0 bridgehead atoms. The van der Waals surface area contributed by atoms with E-state index in [2.05, 4.69) is 5.32 Å². The van der Waals surface area contributed by atoms with E-state index in [0.717, 1.165) is 0 Å². The van der Waals surface area contributed by atoms with Crippen LogP contribution in [0.4, 0.5) is 0 Å². The molecule has 1 N–H and O–H groups in total. The molecular weight excluding hydrogens is 374 g/mol. The van der Waals surface area contributed by atoms with Gasteiger partial charge in [0, 0.05) is 10.9 Å². The summed E-state index contributed by atoms with van der Waals surface area (Å²) >= 11 is 0. The van der Waals surface area contributed by atoms with Gasteiger partial charge < -0.3 is 19.2 Å². The maximum atomic E-state index is 12.4. The molecule has 0 aliphatic heterocycles. The molecular formula is C22H21NO6. The minimum Gasteiger partial charge on any atom is -0.460 e. The average Bonchev–Trinajstić information content (AvgIpc) is 3.11. The monoisotopic (exact) mass is 395 g/mol. The number of hydrogen-bond acceptors (Lipinski definition) is 6. The number of hydrogen-bond donors (Lipinski definition) is 1. The molecule has 0 radical (unpaired) electrons. The third-order valence-corrected chi connectivity index (χ3v) is 4.26. The molecule has 3 aromatic rings. The summed E-state index contributed by atoms with van der Waals surface area (Å²) < 4.78 is 16.0. The quantitative estimate of drug-likeness (QED) is 0.616. The Bertz CT molecular complexity index is 1020. The van der Waals surface area contributed by atoms with Crippen LogP contribution in [0.5, 0.6) is 0 Å². The molecule has 7 nitrogen and oxygen atoms in total. The molecule has 0 fully saturated rings. The Kier molecular flexibility index (Phi) is 6.29. The highest BCUT2D eigenvalue weighted by molar-refractivity contribution is 5.97. The zero-order valence-electron chi connectivity index (χ0n) is 16.1. The average molecular weight is 395 g/mol. The fourth-order valence-corrected chi connectivity index (χ4v) is 2.80. The van der Waals surface area contributed by atoms with Crippen LogP contribution in [0.15, 0.2) is 59.0 Å². The topological polar surface area (TPSA) is 94.8 Å². The van der Waals surface area contributed by atoms with Crippen molar-refractivity contribution in [1.82, 2.24) is 5.32 Å². The van der Waals surface area contributed by atoms with Crippen LogP contribution in [0.1, 0.15) is 40.3 Å². The van der Waals surface area contributed by atoms with Gasteiger partial charge in [-0.3, -0.25) is 4.79 Å². The van der Waals surface area contributed by atoms with Crippen LogP contribution >= 0.6 is 0 Å². The largest absolute Gasteiger partial charge is 0.460 e. The second-order valence-electron chi connectivity index (χ2n) is 6.30. The Hall–Kier alpha value is -3.61. The third kappa shape index (κ3) is 4.63. The zero-order valence-corrected chi connectivity index (χ0v) is 16.1. The van der Waals surface area contributed by atoms with Gasteiger partial charge in [-0.2, -0.15) is 0 Å². The van der Waals surface area contributed by atoms with Gasteiger partial charge in [0.15, 0.2) is 0 Å². The Labute approximate surface area is 167 Å². The molecule has 1 amide bonds. The van der Waals surface area contributed by atoms with Crippen molar-refractivity contribution in [3.8, 4) is 0 Å². The minimum absolute atomic E-state index is 0.00169. The van der Waals surface area contributed by atoms with Crippen molar-refractivity contribution in [1.29, 1.82) is 0 Å². The number of para-hydroxylation sites is 1. The molecule has 1 aromatic heterocycles. The van der Waals surface area contributed by atoms with Gasteiger partial charge in [0.05, 0.1) is 12.2 Å². The number of furan rings is 1. The van der Waals surface area contributed by atoms with Crippen molar-refractivity contribution in [2.75, 3.05) is 6.61 Å². The molecule has 0 spiro atoms. The van der Waals surface area contributed by atoms with Crippen molar-refractivity contribution in [2.45, 2.75) is 26.5 Å².